The van der Waals surface area contributed by atoms with E-state index in [1.165, 1.54) is 5.57 Å². The Morgan fingerprint density at radius 1 is 0.709 bits per heavy atom. The Balaban J connectivity index is 1.43. The monoisotopic (exact) mass is 782 g/mol. The van der Waals surface area contributed by atoms with Crippen molar-refractivity contribution < 1.29 is 65.3 Å². The van der Waals surface area contributed by atoms with Gasteiger partial charge in [0.2, 0.25) is 0 Å². The highest BCUT2D eigenvalue weighted by Gasteiger charge is 2.75. The Labute approximate surface area is 326 Å². The molecule has 6 fully saturated rings. The Morgan fingerprint density at radius 2 is 1.29 bits per heavy atom. The van der Waals surface area contributed by atoms with E-state index in [9.17, 15) is 51.1 Å². The third-order valence-electron chi connectivity index (χ3n) is 16.5. The molecule has 21 atom stereocenters. The van der Waals surface area contributed by atoms with Crippen molar-refractivity contribution in [2.75, 3.05) is 13.2 Å². The maximum absolute atomic E-state index is 12.8. The quantitative estimate of drug-likeness (QED) is 0.117. The van der Waals surface area contributed by atoms with Crippen LogP contribution in [0, 0.1) is 51.2 Å². The SMILES string of the molecule is C=C(CCC=C(C)C)[C@H]1CC[C@@]2(C)[C@H]1[C@H](O)C[C@@H]1[C@@]3(C)C([C@@H]4O[C@H](CO)[C@@H](O)[C@H](O)[C@H]4O)[C@@H](O)[C@H](O[C@@H]4O[C@H](CO)[C@@H](O)[C@H](O)[C@H]4O)C(C)(C)C3CC[C@]12C. The summed E-state index contributed by atoms with van der Waals surface area (Å²) in [6, 6.07) is 0. The molecule has 0 aromatic carbocycles. The van der Waals surface area contributed by atoms with Crippen molar-refractivity contribution in [3.05, 3.63) is 23.8 Å². The van der Waals surface area contributed by atoms with Gasteiger partial charge >= 0.3 is 0 Å². The molecule has 13 heteroatoms. The maximum atomic E-state index is 12.8. The first kappa shape index (κ1) is 43.5. The van der Waals surface area contributed by atoms with Crippen LogP contribution in [0.5, 0.6) is 0 Å². The van der Waals surface area contributed by atoms with E-state index in [-0.39, 0.29) is 34.5 Å². The molecule has 6 rings (SSSR count). The molecular weight excluding hydrogens is 712 g/mol. The second kappa shape index (κ2) is 15.5. The zero-order chi connectivity index (χ0) is 40.7. The number of allylic oxidation sites excluding steroid dienone is 3. The molecule has 0 spiro atoms. The van der Waals surface area contributed by atoms with E-state index in [1.807, 2.05) is 13.8 Å². The summed E-state index contributed by atoms with van der Waals surface area (Å²) in [6.45, 7) is 18.0. The molecule has 6 aliphatic rings. The summed E-state index contributed by atoms with van der Waals surface area (Å²) >= 11 is 0. The van der Waals surface area contributed by atoms with Crippen molar-refractivity contribution in [2.45, 2.75) is 173 Å². The molecule has 2 heterocycles. The van der Waals surface area contributed by atoms with Crippen molar-refractivity contribution in [1.29, 1.82) is 0 Å². The molecule has 0 bridgehead atoms. The van der Waals surface area contributed by atoms with Gasteiger partial charge in [0, 0.05) is 5.92 Å². The zero-order valence-electron chi connectivity index (χ0n) is 33.7. The fourth-order valence-corrected chi connectivity index (χ4v) is 13.6. The minimum Gasteiger partial charge on any atom is -0.394 e. The van der Waals surface area contributed by atoms with Gasteiger partial charge in [-0.05, 0) is 104 Å². The minimum absolute atomic E-state index is 0.0254. The minimum atomic E-state index is -1.73. The van der Waals surface area contributed by atoms with Gasteiger partial charge in [0.05, 0.1) is 37.6 Å². The van der Waals surface area contributed by atoms with E-state index in [0.29, 0.717) is 12.8 Å². The third-order valence-corrected chi connectivity index (χ3v) is 16.5. The Bertz CT molecular complexity index is 1420. The van der Waals surface area contributed by atoms with E-state index >= 15 is 0 Å². The van der Waals surface area contributed by atoms with E-state index in [0.717, 1.165) is 37.7 Å². The number of hydrogen-bond donors (Lipinski definition) is 10. The average Bonchev–Trinajstić information content (AvgIpc) is 3.50. The van der Waals surface area contributed by atoms with Crippen molar-refractivity contribution in [1.82, 2.24) is 0 Å². The molecule has 55 heavy (non-hydrogen) atoms. The number of fused-ring (bicyclic) bond motifs is 5. The van der Waals surface area contributed by atoms with Gasteiger partial charge in [-0.2, -0.15) is 0 Å². The molecule has 0 aromatic rings. The Kier molecular flexibility index (Phi) is 12.3. The molecule has 4 saturated carbocycles. The van der Waals surface area contributed by atoms with Gasteiger partial charge < -0.3 is 65.3 Å². The summed E-state index contributed by atoms with van der Waals surface area (Å²) in [7, 11) is 0. The van der Waals surface area contributed by atoms with Gasteiger partial charge in [-0.25, -0.2) is 0 Å². The number of rotatable bonds is 9. The van der Waals surface area contributed by atoms with Gasteiger partial charge in [-0.1, -0.05) is 58.4 Å². The van der Waals surface area contributed by atoms with Crippen molar-refractivity contribution in [2.24, 2.45) is 51.2 Å². The molecule has 0 radical (unpaired) electrons. The second-order valence-corrected chi connectivity index (χ2v) is 19.7. The van der Waals surface area contributed by atoms with Crippen LogP contribution in [0.15, 0.2) is 23.8 Å². The van der Waals surface area contributed by atoms with Crippen molar-refractivity contribution >= 4 is 0 Å². The van der Waals surface area contributed by atoms with Crippen LogP contribution in [0.1, 0.15) is 93.4 Å². The van der Waals surface area contributed by atoms with Crippen LogP contribution in [-0.4, -0.2) is 144 Å². The summed E-state index contributed by atoms with van der Waals surface area (Å²) in [5.74, 6) is -1.37. The van der Waals surface area contributed by atoms with E-state index in [1.54, 1.807) is 0 Å². The highest BCUT2D eigenvalue weighted by molar-refractivity contribution is 5.25. The van der Waals surface area contributed by atoms with Gasteiger partial charge in [0.1, 0.15) is 48.8 Å². The largest absolute Gasteiger partial charge is 0.394 e. The molecule has 0 amide bonds. The van der Waals surface area contributed by atoms with Crippen molar-refractivity contribution in [3.8, 4) is 0 Å². The first-order valence-electron chi connectivity index (χ1n) is 20.6. The van der Waals surface area contributed by atoms with Crippen LogP contribution in [0.4, 0.5) is 0 Å². The van der Waals surface area contributed by atoms with Crippen LogP contribution >= 0.6 is 0 Å². The van der Waals surface area contributed by atoms with E-state index in [4.69, 9.17) is 14.2 Å². The lowest BCUT2D eigenvalue weighted by Gasteiger charge is -2.73. The van der Waals surface area contributed by atoms with E-state index < -0.39 is 109 Å². The first-order chi connectivity index (χ1) is 25.6. The van der Waals surface area contributed by atoms with Crippen LogP contribution in [0.25, 0.3) is 0 Å². The summed E-state index contributed by atoms with van der Waals surface area (Å²) in [6.07, 6.45) is -11.0. The van der Waals surface area contributed by atoms with Gasteiger partial charge in [-0.15, -0.1) is 0 Å². The number of hydrogen-bond acceptors (Lipinski definition) is 13. The Morgan fingerprint density at radius 3 is 1.89 bits per heavy atom. The Hall–Kier alpha value is -1.04. The maximum Gasteiger partial charge on any atom is 0.187 e. The summed E-state index contributed by atoms with van der Waals surface area (Å²) in [5.41, 5.74) is -0.0230. The lowest BCUT2D eigenvalue weighted by Crippen LogP contribution is -2.75. The fraction of sp³-hybridized carbons (Fsp3) is 0.905. The molecular formula is C42H70O13. The summed E-state index contributed by atoms with van der Waals surface area (Å²) in [5, 5.41) is 111. The number of aliphatic hydroxyl groups excluding tert-OH is 10. The molecule has 2 unspecified atom stereocenters. The molecule has 4 aliphatic carbocycles. The second-order valence-electron chi connectivity index (χ2n) is 19.7. The van der Waals surface area contributed by atoms with Gasteiger partial charge in [0.25, 0.3) is 0 Å². The highest BCUT2D eigenvalue weighted by Crippen LogP contribution is 2.77. The predicted molar refractivity (Wildman–Crippen MR) is 201 cm³/mol. The van der Waals surface area contributed by atoms with Crippen LogP contribution in [0.2, 0.25) is 0 Å². The van der Waals surface area contributed by atoms with Crippen LogP contribution < -0.4 is 0 Å². The van der Waals surface area contributed by atoms with E-state index in [2.05, 4.69) is 47.3 Å². The summed E-state index contributed by atoms with van der Waals surface area (Å²) < 4.78 is 18.5. The lowest BCUT2D eigenvalue weighted by atomic mass is 9.32. The van der Waals surface area contributed by atoms with Crippen molar-refractivity contribution in [3.63, 3.8) is 0 Å². The predicted octanol–water partition coefficient (Wildman–Crippen LogP) is 1.17. The topological polar surface area (TPSA) is 230 Å². The first-order valence-corrected chi connectivity index (χ1v) is 20.6. The number of ether oxygens (including phenoxy) is 3. The fourth-order valence-electron chi connectivity index (χ4n) is 13.6. The van der Waals surface area contributed by atoms with Gasteiger partial charge in [0.15, 0.2) is 6.29 Å². The molecule has 0 aromatic heterocycles. The molecule has 13 nitrogen and oxygen atoms in total. The molecule has 316 valence electrons. The number of aliphatic hydroxyl groups is 10. The zero-order valence-corrected chi connectivity index (χ0v) is 33.7. The third kappa shape index (κ3) is 6.64. The molecule has 2 saturated heterocycles. The molecule has 10 N–H and O–H groups in total. The summed E-state index contributed by atoms with van der Waals surface area (Å²) in [4.78, 5) is 0. The van der Waals surface area contributed by atoms with Gasteiger partial charge in [-0.3, -0.25) is 0 Å². The average molecular weight is 783 g/mol. The molecule has 2 aliphatic heterocycles. The van der Waals surface area contributed by atoms with Crippen LogP contribution in [-0.2, 0) is 14.2 Å². The standard InChI is InChI=1S/C42H70O13/c1-19(2)10-9-11-20(3)21-12-14-41(7)27(21)22(45)16-26-40(41,6)15-13-25-39(4,5)37(55-38-35(52)33(50)30(47)24(18-44)54-38)31(48)28(42(25,26)8)36-34(51)32(49)29(46)23(17-43)53-36/h10,21-38,43-52H,3,9,11-18H2,1-2,4-8H3/t21-,22-,23-,24-,25?,26+,27-,28?,29-,30-,31-,32+,33+,34-,35-,36+,37+,38+,40-,41+,42+/m1/s1. The normalized spacial score (nSPS) is 53.5. The lowest BCUT2D eigenvalue weighted by molar-refractivity contribution is -0.365. The highest BCUT2D eigenvalue weighted by atomic mass is 16.7. The van der Waals surface area contributed by atoms with Crippen LogP contribution in [0.3, 0.4) is 0 Å². The smallest absolute Gasteiger partial charge is 0.187 e.